The van der Waals surface area contributed by atoms with Gasteiger partial charge in [-0.3, -0.25) is 4.79 Å². The molecule has 114 valence electrons. The molecule has 0 radical (unpaired) electrons. The third kappa shape index (κ3) is 2.90. The van der Waals surface area contributed by atoms with Crippen molar-refractivity contribution >= 4 is 21.6 Å². The lowest BCUT2D eigenvalue weighted by atomic mass is 9.88. The highest BCUT2D eigenvalue weighted by Crippen LogP contribution is 2.28. The first kappa shape index (κ1) is 14.7. The maximum Gasteiger partial charge on any atom is 0.259 e. The molecule has 1 saturated carbocycles. The van der Waals surface area contributed by atoms with Crippen LogP contribution in [0.4, 0.5) is 0 Å². The van der Waals surface area contributed by atoms with Crippen LogP contribution < -0.4 is 5.56 Å². The van der Waals surface area contributed by atoms with Crippen LogP contribution in [0.2, 0.25) is 0 Å². The first-order chi connectivity index (χ1) is 10.1. The van der Waals surface area contributed by atoms with Crippen LogP contribution in [0.25, 0.3) is 10.2 Å². The molecule has 0 aliphatic heterocycles. The topological polar surface area (TPSA) is 55.0 Å². The van der Waals surface area contributed by atoms with E-state index in [0.717, 1.165) is 27.1 Å². The zero-order valence-corrected chi connectivity index (χ0v) is 13.7. The zero-order valence-electron chi connectivity index (χ0n) is 12.9. The number of hydrogen-bond acceptors (Lipinski definition) is 4. The van der Waals surface area contributed by atoms with Crippen molar-refractivity contribution in [2.75, 3.05) is 0 Å². The Morgan fingerprint density at radius 3 is 2.86 bits per heavy atom. The highest BCUT2D eigenvalue weighted by Gasteiger charge is 2.22. The van der Waals surface area contributed by atoms with Crippen molar-refractivity contribution in [1.29, 1.82) is 0 Å². The van der Waals surface area contributed by atoms with Crippen molar-refractivity contribution in [3.05, 3.63) is 26.6 Å². The van der Waals surface area contributed by atoms with Crippen LogP contribution in [0, 0.1) is 19.8 Å². The van der Waals surface area contributed by atoms with Crippen LogP contribution in [0.3, 0.4) is 0 Å². The average molecular weight is 306 g/mol. The highest BCUT2D eigenvalue weighted by atomic mass is 32.1. The Bertz CT molecular complexity index is 704. The van der Waals surface area contributed by atoms with Crippen molar-refractivity contribution in [3.63, 3.8) is 0 Å². The van der Waals surface area contributed by atoms with E-state index < -0.39 is 0 Å². The molecule has 2 heterocycles. The lowest BCUT2D eigenvalue weighted by Crippen LogP contribution is -2.26. The third-order valence-corrected chi connectivity index (χ3v) is 5.66. The number of nitrogens with one attached hydrogen (secondary N) is 1. The second kappa shape index (κ2) is 5.89. The van der Waals surface area contributed by atoms with Crippen LogP contribution in [-0.4, -0.2) is 16.1 Å². The first-order valence-electron chi connectivity index (χ1n) is 7.66. The van der Waals surface area contributed by atoms with Crippen molar-refractivity contribution in [3.8, 4) is 0 Å². The minimum Gasteiger partial charge on any atom is -0.370 e. The van der Waals surface area contributed by atoms with Gasteiger partial charge in [0.2, 0.25) is 0 Å². The van der Waals surface area contributed by atoms with Crippen molar-refractivity contribution in [2.24, 2.45) is 5.92 Å². The molecule has 1 aliphatic rings. The molecule has 0 amide bonds. The molecule has 0 spiro atoms. The van der Waals surface area contributed by atoms with Gasteiger partial charge in [-0.25, -0.2) is 4.98 Å². The predicted octanol–water partition coefficient (Wildman–Crippen LogP) is 3.70. The summed E-state index contributed by atoms with van der Waals surface area (Å²) in [5.74, 6) is 1.24. The van der Waals surface area contributed by atoms with Gasteiger partial charge in [0.05, 0.1) is 11.5 Å². The number of aromatic nitrogens is 2. The monoisotopic (exact) mass is 306 g/mol. The Labute approximate surface area is 128 Å². The number of aryl methyl sites for hydroxylation is 2. The van der Waals surface area contributed by atoms with Gasteiger partial charge < -0.3 is 9.72 Å². The lowest BCUT2D eigenvalue weighted by molar-refractivity contribution is -0.0181. The van der Waals surface area contributed by atoms with Crippen molar-refractivity contribution in [1.82, 2.24) is 9.97 Å². The zero-order chi connectivity index (χ0) is 15.0. The molecule has 4 nitrogen and oxygen atoms in total. The van der Waals surface area contributed by atoms with Crippen molar-refractivity contribution < 1.29 is 4.74 Å². The molecule has 0 saturated heterocycles. The normalized spacial score (nSPS) is 22.8. The number of nitrogens with zero attached hydrogens (tertiary/aromatic N) is 1. The van der Waals surface area contributed by atoms with Gasteiger partial charge in [-0.1, -0.05) is 19.8 Å². The highest BCUT2D eigenvalue weighted by molar-refractivity contribution is 7.18. The number of H-pyrrole nitrogens is 1. The predicted molar refractivity (Wildman–Crippen MR) is 85.9 cm³/mol. The van der Waals surface area contributed by atoms with Gasteiger partial charge in [0.15, 0.2) is 0 Å². The van der Waals surface area contributed by atoms with Crippen LogP contribution in [0.1, 0.15) is 48.9 Å². The summed E-state index contributed by atoms with van der Waals surface area (Å²) >= 11 is 1.58. The summed E-state index contributed by atoms with van der Waals surface area (Å²) in [5.41, 5.74) is 0.995. The summed E-state index contributed by atoms with van der Waals surface area (Å²) in [6.07, 6.45) is 5.19. The Morgan fingerprint density at radius 2 is 2.10 bits per heavy atom. The largest absolute Gasteiger partial charge is 0.370 e. The fraction of sp³-hybridized carbons (Fsp3) is 0.625. The van der Waals surface area contributed by atoms with E-state index in [0.29, 0.717) is 24.5 Å². The smallest absolute Gasteiger partial charge is 0.259 e. The van der Waals surface area contributed by atoms with Crippen LogP contribution in [0.5, 0.6) is 0 Å². The number of ether oxygens (including phenoxy) is 1. The third-order valence-electron chi connectivity index (χ3n) is 4.56. The molecule has 2 unspecified atom stereocenters. The maximum atomic E-state index is 12.2. The fourth-order valence-corrected chi connectivity index (χ4v) is 4.13. The van der Waals surface area contributed by atoms with Crippen LogP contribution in [0.15, 0.2) is 4.79 Å². The van der Waals surface area contributed by atoms with E-state index in [1.54, 1.807) is 11.3 Å². The van der Waals surface area contributed by atoms with Gasteiger partial charge in [-0.2, -0.15) is 0 Å². The van der Waals surface area contributed by atoms with Crippen LogP contribution in [-0.2, 0) is 11.3 Å². The van der Waals surface area contributed by atoms with Crippen molar-refractivity contribution in [2.45, 2.75) is 59.2 Å². The van der Waals surface area contributed by atoms with E-state index in [-0.39, 0.29) is 5.56 Å². The van der Waals surface area contributed by atoms with E-state index in [1.165, 1.54) is 19.3 Å². The summed E-state index contributed by atoms with van der Waals surface area (Å²) in [6.45, 7) is 6.65. The molecule has 0 bridgehead atoms. The second-order valence-electron chi connectivity index (χ2n) is 6.09. The number of aromatic amines is 1. The molecule has 0 aromatic carbocycles. The van der Waals surface area contributed by atoms with E-state index in [4.69, 9.17) is 4.74 Å². The number of hydrogen-bond donors (Lipinski definition) is 1. The van der Waals surface area contributed by atoms with Crippen LogP contribution >= 0.6 is 11.3 Å². The van der Waals surface area contributed by atoms with Gasteiger partial charge in [-0.05, 0) is 38.2 Å². The van der Waals surface area contributed by atoms with Gasteiger partial charge in [0.1, 0.15) is 17.3 Å². The SMILES string of the molecule is Cc1sc2nc(COC3CCCCC3C)[nH]c(=O)c2c1C. The Balaban J connectivity index is 1.80. The molecular weight excluding hydrogens is 284 g/mol. The summed E-state index contributed by atoms with van der Waals surface area (Å²) in [5, 5.41) is 0.729. The van der Waals surface area contributed by atoms with E-state index in [9.17, 15) is 4.79 Å². The van der Waals surface area contributed by atoms with E-state index in [1.807, 2.05) is 13.8 Å². The lowest BCUT2D eigenvalue weighted by Gasteiger charge is -2.28. The molecule has 3 rings (SSSR count). The molecular formula is C16H22N2O2S. The van der Waals surface area contributed by atoms with Gasteiger partial charge in [0, 0.05) is 4.88 Å². The first-order valence-corrected chi connectivity index (χ1v) is 8.48. The summed E-state index contributed by atoms with van der Waals surface area (Å²) in [7, 11) is 0. The maximum absolute atomic E-state index is 12.2. The molecule has 1 fully saturated rings. The number of fused-ring (bicyclic) bond motifs is 1. The molecule has 21 heavy (non-hydrogen) atoms. The summed E-state index contributed by atoms with van der Waals surface area (Å²) in [4.78, 5) is 21.6. The molecule has 2 atom stereocenters. The fourth-order valence-electron chi connectivity index (χ4n) is 3.08. The average Bonchev–Trinajstić information content (AvgIpc) is 2.73. The number of rotatable bonds is 3. The molecule has 2 aromatic heterocycles. The minimum absolute atomic E-state index is 0.0443. The second-order valence-corrected chi connectivity index (χ2v) is 7.29. The van der Waals surface area contributed by atoms with Gasteiger partial charge in [-0.15, -0.1) is 11.3 Å². The summed E-state index contributed by atoms with van der Waals surface area (Å²) < 4.78 is 5.99. The number of thiophene rings is 1. The Morgan fingerprint density at radius 1 is 1.33 bits per heavy atom. The quantitative estimate of drug-likeness (QED) is 0.940. The Hall–Kier alpha value is -1.20. The van der Waals surface area contributed by atoms with Gasteiger partial charge in [0.25, 0.3) is 5.56 Å². The molecule has 2 aromatic rings. The van der Waals surface area contributed by atoms with E-state index in [2.05, 4.69) is 16.9 Å². The molecule has 1 aliphatic carbocycles. The summed E-state index contributed by atoms with van der Waals surface area (Å²) in [6, 6.07) is 0. The minimum atomic E-state index is -0.0443. The molecule has 1 N–H and O–H groups in total. The standard InChI is InChI=1S/C16H22N2O2S/c1-9-6-4-5-7-12(9)20-8-13-17-15(19)14-10(2)11(3)21-16(14)18-13/h9,12H,4-8H2,1-3H3,(H,17,18,19). The van der Waals surface area contributed by atoms with E-state index >= 15 is 0 Å². The molecule has 5 heteroatoms. The van der Waals surface area contributed by atoms with Gasteiger partial charge >= 0.3 is 0 Å². The Kier molecular flexibility index (Phi) is 4.13.